The highest BCUT2D eigenvalue weighted by Crippen LogP contribution is 2.25. The Balaban J connectivity index is 1.46. The highest BCUT2D eigenvalue weighted by Gasteiger charge is 2.28. The van der Waals surface area contributed by atoms with Crippen molar-refractivity contribution in [1.82, 2.24) is 13.4 Å². The lowest BCUT2D eigenvalue weighted by molar-refractivity contribution is 0.0462. The van der Waals surface area contributed by atoms with Crippen LogP contribution in [0, 0.1) is 0 Å². The summed E-state index contributed by atoms with van der Waals surface area (Å²) in [6.45, 7) is 0.420. The molecule has 2 aromatic carbocycles. The third-order valence-electron chi connectivity index (χ3n) is 5.80. The first-order valence-electron chi connectivity index (χ1n) is 10.3. The van der Waals surface area contributed by atoms with E-state index in [2.05, 4.69) is 0 Å². The smallest absolute Gasteiger partial charge is 0.338 e. The van der Waals surface area contributed by atoms with E-state index in [-0.39, 0.29) is 22.8 Å². The zero-order chi connectivity index (χ0) is 23.8. The molecule has 1 aliphatic rings. The molecule has 0 saturated heterocycles. The Kier molecular flexibility index (Phi) is 6.05. The van der Waals surface area contributed by atoms with E-state index in [9.17, 15) is 22.8 Å². The van der Waals surface area contributed by atoms with Gasteiger partial charge in [-0.05, 0) is 41.8 Å². The Morgan fingerprint density at radius 3 is 2.33 bits per heavy atom. The predicted molar refractivity (Wildman–Crippen MR) is 120 cm³/mol. The van der Waals surface area contributed by atoms with Gasteiger partial charge in [0, 0.05) is 33.3 Å². The molecule has 1 aromatic heterocycles. The van der Waals surface area contributed by atoms with Gasteiger partial charge in [-0.2, -0.15) is 4.31 Å². The molecule has 0 fully saturated rings. The highest BCUT2D eigenvalue weighted by atomic mass is 32.2. The Labute approximate surface area is 190 Å². The summed E-state index contributed by atoms with van der Waals surface area (Å²) in [5, 5.41) is 0. The number of aromatic nitrogens is 2. The van der Waals surface area contributed by atoms with Crippen LogP contribution in [-0.4, -0.2) is 34.4 Å². The first kappa shape index (κ1) is 22.7. The molecule has 0 saturated carbocycles. The van der Waals surface area contributed by atoms with Crippen LogP contribution < -0.4 is 11.2 Å². The van der Waals surface area contributed by atoms with Crippen molar-refractivity contribution in [3.05, 3.63) is 97.8 Å². The van der Waals surface area contributed by atoms with E-state index >= 15 is 0 Å². The van der Waals surface area contributed by atoms with E-state index in [1.807, 2.05) is 24.3 Å². The Morgan fingerprint density at radius 2 is 1.64 bits per heavy atom. The molecule has 0 radical (unpaired) electrons. The fraction of sp³-hybridized carbons (Fsp3) is 0.261. The number of hydrogen-bond donors (Lipinski definition) is 0. The molecule has 33 heavy (non-hydrogen) atoms. The van der Waals surface area contributed by atoms with Crippen molar-refractivity contribution >= 4 is 16.0 Å². The molecular formula is C23H23N3O6S. The summed E-state index contributed by atoms with van der Waals surface area (Å²) in [6.07, 6.45) is 0.644. The van der Waals surface area contributed by atoms with Gasteiger partial charge < -0.3 is 4.74 Å². The van der Waals surface area contributed by atoms with Gasteiger partial charge in [-0.15, -0.1) is 0 Å². The van der Waals surface area contributed by atoms with E-state index in [1.165, 1.54) is 53.3 Å². The summed E-state index contributed by atoms with van der Waals surface area (Å²) in [5.41, 5.74) is 1.52. The van der Waals surface area contributed by atoms with Crippen LogP contribution >= 0.6 is 0 Å². The molecule has 2 heterocycles. The number of fused-ring (bicyclic) bond motifs is 1. The molecule has 0 bridgehead atoms. The Morgan fingerprint density at radius 1 is 0.970 bits per heavy atom. The van der Waals surface area contributed by atoms with E-state index in [0.717, 1.165) is 15.7 Å². The number of esters is 1. The fourth-order valence-electron chi connectivity index (χ4n) is 3.73. The van der Waals surface area contributed by atoms with Crippen LogP contribution in [0.4, 0.5) is 0 Å². The molecule has 172 valence electrons. The molecule has 0 atom stereocenters. The maximum absolute atomic E-state index is 13.1. The van der Waals surface area contributed by atoms with Crippen LogP contribution in [-0.2, 0) is 48.4 Å². The van der Waals surface area contributed by atoms with Crippen molar-refractivity contribution in [1.29, 1.82) is 0 Å². The Hall–Kier alpha value is -3.50. The summed E-state index contributed by atoms with van der Waals surface area (Å²) in [7, 11) is -0.880. The van der Waals surface area contributed by atoms with Crippen LogP contribution in [0.15, 0.2) is 69.1 Å². The second kappa shape index (κ2) is 8.80. The molecule has 0 spiro atoms. The Bertz CT molecular complexity index is 1440. The number of sulfonamides is 1. The quantitative estimate of drug-likeness (QED) is 0.520. The van der Waals surface area contributed by atoms with Crippen LogP contribution in [0.2, 0.25) is 0 Å². The van der Waals surface area contributed by atoms with E-state index in [4.69, 9.17) is 4.74 Å². The number of carbonyl (C=O) groups excluding carboxylic acids is 1. The fourth-order valence-corrected chi connectivity index (χ4v) is 5.15. The van der Waals surface area contributed by atoms with Crippen molar-refractivity contribution in [3.63, 3.8) is 0 Å². The van der Waals surface area contributed by atoms with E-state index < -0.39 is 27.2 Å². The summed E-state index contributed by atoms with van der Waals surface area (Å²) >= 11 is 0. The molecular weight excluding hydrogens is 446 g/mol. The number of carbonyl (C=O) groups is 1. The normalized spacial score (nSPS) is 14.0. The van der Waals surface area contributed by atoms with Gasteiger partial charge >= 0.3 is 11.7 Å². The first-order chi connectivity index (χ1) is 15.7. The maximum atomic E-state index is 13.1. The van der Waals surface area contributed by atoms with Gasteiger partial charge in [-0.25, -0.2) is 18.0 Å². The van der Waals surface area contributed by atoms with Gasteiger partial charge in [0.05, 0.1) is 16.2 Å². The maximum Gasteiger partial charge on any atom is 0.338 e. The summed E-state index contributed by atoms with van der Waals surface area (Å²) in [4.78, 5) is 36.3. The van der Waals surface area contributed by atoms with Gasteiger partial charge in [0.25, 0.3) is 5.56 Å². The minimum Gasteiger partial charge on any atom is -0.456 e. The number of ether oxygens (including phenoxy) is 1. The highest BCUT2D eigenvalue weighted by molar-refractivity contribution is 7.89. The molecule has 0 unspecified atom stereocenters. The second-order valence-corrected chi connectivity index (χ2v) is 9.77. The third-order valence-corrected chi connectivity index (χ3v) is 7.66. The zero-order valence-electron chi connectivity index (χ0n) is 18.2. The van der Waals surface area contributed by atoms with Crippen LogP contribution in [0.1, 0.15) is 27.2 Å². The van der Waals surface area contributed by atoms with E-state index in [0.29, 0.717) is 19.5 Å². The lowest BCUT2D eigenvalue weighted by Gasteiger charge is -2.28. The van der Waals surface area contributed by atoms with Crippen molar-refractivity contribution in [3.8, 4) is 0 Å². The molecule has 0 amide bonds. The van der Waals surface area contributed by atoms with Gasteiger partial charge in [0.1, 0.15) is 6.61 Å². The predicted octanol–water partition coefficient (Wildman–Crippen LogP) is 1.19. The average Bonchev–Trinajstić information content (AvgIpc) is 2.83. The summed E-state index contributed by atoms with van der Waals surface area (Å²) in [5.74, 6) is -0.695. The minimum atomic E-state index is -3.72. The lowest BCUT2D eigenvalue weighted by Crippen LogP contribution is -2.38. The van der Waals surface area contributed by atoms with Crippen LogP contribution in [0.5, 0.6) is 0 Å². The first-order valence-corrected chi connectivity index (χ1v) is 11.7. The van der Waals surface area contributed by atoms with Gasteiger partial charge in [-0.3, -0.25) is 13.9 Å². The van der Waals surface area contributed by atoms with Crippen LogP contribution in [0.3, 0.4) is 0 Å². The lowest BCUT2D eigenvalue weighted by atomic mass is 10.0. The van der Waals surface area contributed by atoms with Crippen LogP contribution in [0.25, 0.3) is 0 Å². The molecule has 0 aliphatic carbocycles. The third kappa shape index (κ3) is 4.39. The SMILES string of the molecule is Cn1c(COC(=O)c2ccc(S(=O)(=O)N3CCc4ccccc4C3)cc2)cc(=O)n(C)c1=O. The number of nitrogens with zero attached hydrogens (tertiary/aromatic N) is 3. The average molecular weight is 470 g/mol. The standard InChI is InChI=1S/C23H23N3O6S/c1-24-19(13-21(27)25(2)23(24)29)15-32-22(28)17-7-9-20(10-8-17)33(30,31)26-12-11-16-5-3-4-6-18(16)14-26/h3-10,13H,11-12,14-15H2,1-2H3. The number of rotatable bonds is 5. The zero-order valence-corrected chi connectivity index (χ0v) is 19.0. The van der Waals surface area contributed by atoms with Gasteiger partial charge in [0.15, 0.2) is 0 Å². The number of benzene rings is 2. The minimum absolute atomic E-state index is 0.0902. The van der Waals surface area contributed by atoms with Crippen molar-refractivity contribution in [2.75, 3.05) is 6.54 Å². The summed E-state index contributed by atoms with van der Waals surface area (Å²) in [6, 6.07) is 14.5. The molecule has 4 rings (SSSR count). The van der Waals surface area contributed by atoms with Gasteiger partial charge in [0.2, 0.25) is 10.0 Å². The summed E-state index contributed by atoms with van der Waals surface area (Å²) < 4.78 is 34.9. The monoisotopic (exact) mass is 469 g/mol. The van der Waals surface area contributed by atoms with Crippen molar-refractivity contribution in [2.24, 2.45) is 14.1 Å². The van der Waals surface area contributed by atoms with E-state index in [1.54, 1.807) is 0 Å². The molecule has 10 heteroatoms. The van der Waals surface area contributed by atoms with Crippen molar-refractivity contribution in [2.45, 2.75) is 24.5 Å². The topological polar surface area (TPSA) is 108 Å². The van der Waals surface area contributed by atoms with Crippen molar-refractivity contribution < 1.29 is 17.9 Å². The largest absolute Gasteiger partial charge is 0.456 e. The second-order valence-electron chi connectivity index (χ2n) is 7.83. The van der Waals surface area contributed by atoms with Gasteiger partial charge in [-0.1, -0.05) is 24.3 Å². The molecule has 1 aliphatic heterocycles. The number of hydrogen-bond acceptors (Lipinski definition) is 6. The molecule has 0 N–H and O–H groups in total. The molecule has 9 nitrogen and oxygen atoms in total. The molecule has 3 aromatic rings.